The highest BCUT2D eigenvalue weighted by Crippen LogP contribution is 2.23. The van der Waals surface area contributed by atoms with Crippen LogP contribution in [0.4, 0.5) is 5.69 Å². The van der Waals surface area contributed by atoms with Gasteiger partial charge in [-0.05, 0) is 55.7 Å². The summed E-state index contributed by atoms with van der Waals surface area (Å²) in [6.07, 6.45) is 5.01. The zero-order valence-corrected chi connectivity index (χ0v) is 16.8. The first-order valence-electron chi connectivity index (χ1n) is 10.4. The number of carbonyl (C=O) groups is 2. The molecule has 6 nitrogen and oxygen atoms in total. The van der Waals surface area contributed by atoms with Gasteiger partial charge >= 0.3 is 0 Å². The summed E-state index contributed by atoms with van der Waals surface area (Å²) in [4.78, 5) is 30.6. The molecule has 0 atom stereocenters. The Hall–Kier alpha value is -3.41. The predicted octanol–water partition coefficient (Wildman–Crippen LogP) is 3.95. The van der Waals surface area contributed by atoms with Crippen LogP contribution in [0, 0.1) is 0 Å². The molecule has 0 spiro atoms. The number of piperidine rings is 1. The molecule has 1 aromatic heterocycles. The number of carbonyl (C=O) groups excluding carboxylic acids is 2. The fourth-order valence-electron chi connectivity index (χ4n) is 3.62. The Morgan fingerprint density at radius 3 is 2.73 bits per heavy atom. The van der Waals surface area contributed by atoms with E-state index in [0.717, 1.165) is 41.7 Å². The van der Waals surface area contributed by atoms with Crippen molar-refractivity contribution in [2.45, 2.75) is 25.7 Å². The fourth-order valence-corrected chi connectivity index (χ4v) is 3.62. The van der Waals surface area contributed by atoms with Crippen LogP contribution in [0.2, 0.25) is 0 Å². The van der Waals surface area contributed by atoms with Crippen molar-refractivity contribution in [3.05, 3.63) is 66.4 Å². The van der Waals surface area contributed by atoms with E-state index in [2.05, 4.69) is 10.3 Å². The molecule has 1 fully saturated rings. The molecule has 2 heterocycles. The van der Waals surface area contributed by atoms with Gasteiger partial charge in [0.05, 0.1) is 6.61 Å². The number of hydrogen-bond acceptors (Lipinski definition) is 4. The van der Waals surface area contributed by atoms with Gasteiger partial charge in [0.2, 0.25) is 5.91 Å². The van der Waals surface area contributed by atoms with Gasteiger partial charge in [-0.2, -0.15) is 0 Å². The largest absolute Gasteiger partial charge is 0.491 e. The van der Waals surface area contributed by atoms with E-state index in [4.69, 9.17) is 4.74 Å². The van der Waals surface area contributed by atoms with Gasteiger partial charge in [0.15, 0.2) is 0 Å². The van der Waals surface area contributed by atoms with E-state index >= 15 is 0 Å². The Labute approximate surface area is 175 Å². The van der Waals surface area contributed by atoms with Crippen molar-refractivity contribution in [3.8, 4) is 5.75 Å². The summed E-state index contributed by atoms with van der Waals surface area (Å²) in [7, 11) is 0. The van der Waals surface area contributed by atoms with Gasteiger partial charge in [0.1, 0.15) is 11.3 Å². The number of hydrogen-bond donors (Lipinski definition) is 1. The van der Waals surface area contributed by atoms with Gasteiger partial charge in [-0.15, -0.1) is 0 Å². The van der Waals surface area contributed by atoms with Crippen molar-refractivity contribution in [1.82, 2.24) is 10.3 Å². The Morgan fingerprint density at radius 2 is 1.90 bits per heavy atom. The maximum absolute atomic E-state index is 12.4. The van der Waals surface area contributed by atoms with E-state index < -0.39 is 0 Å². The van der Waals surface area contributed by atoms with Crippen LogP contribution in [0.1, 0.15) is 36.0 Å². The van der Waals surface area contributed by atoms with Crippen LogP contribution in [0.25, 0.3) is 10.9 Å². The summed E-state index contributed by atoms with van der Waals surface area (Å²) in [5.74, 6) is 0.778. The summed E-state index contributed by atoms with van der Waals surface area (Å²) >= 11 is 0. The van der Waals surface area contributed by atoms with Gasteiger partial charge in [0.25, 0.3) is 5.91 Å². The number of ether oxygens (including phenoxy) is 1. The minimum atomic E-state index is -0.127. The highest BCUT2D eigenvalue weighted by molar-refractivity contribution is 5.97. The quantitative estimate of drug-likeness (QED) is 0.607. The highest BCUT2D eigenvalue weighted by atomic mass is 16.5. The number of amides is 2. The van der Waals surface area contributed by atoms with Crippen molar-refractivity contribution < 1.29 is 14.3 Å². The lowest BCUT2D eigenvalue weighted by Crippen LogP contribution is -2.35. The number of anilines is 1. The summed E-state index contributed by atoms with van der Waals surface area (Å²) in [5.41, 5.74) is 2.28. The number of para-hydroxylation sites is 1. The minimum Gasteiger partial charge on any atom is -0.491 e. The van der Waals surface area contributed by atoms with Crippen LogP contribution in [-0.4, -0.2) is 36.5 Å². The van der Waals surface area contributed by atoms with Gasteiger partial charge in [-0.1, -0.05) is 18.2 Å². The second-order valence-corrected chi connectivity index (χ2v) is 7.34. The van der Waals surface area contributed by atoms with Crippen LogP contribution in [-0.2, 0) is 4.79 Å². The molecule has 0 unspecified atom stereocenters. The maximum Gasteiger partial charge on any atom is 0.251 e. The van der Waals surface area contributed by atoms with Crippen molar-refractivity contribution in [3.63, 3.8) is 0 Å². The van der Waals surface area contributed by atoms with E-state index in [9.17, 15) is 9.59 Å². The summed E-state index contributed by atoms with van der Waals surface area (Å²) in [6, 6.07) is 17.0. The molecule has 3 aromatic rings. The predicted molar refractivity (Wildman–Crippen MR) is 117 cm³/mol. The fraction of sp³-hybridized carbons (Fsp3) is 0.292. The Balaban J connectivity index is 1.24. The molecular weight excluding hydrogens is 378 g/mol. The van der Waals surface area contributed by atoms with Crippen LogP contribution < -0.4 is 15.0 Å². The normalized spacial score (nSPS) is 14.0. The zero-order valence-electron chi connectivity index (χ0n) is 16.8. The molecule has 2 aromatic carbocycles. The first-order valence-corrected chi connectivity index (χ1v) is 10.4. The Kier molecular flexibility index (Phi) is 6.23. The number of fused-ring (bicyclic) bond motifs is 1. The SMILES string of the molecule is O=C(NCCCOc1cccc2cccnc12)c1ccc(N2CCCCC2=O)cc1. The Bertz CT molecular complexity index is 1030. The Morgan fingerprint density at radius 1 is 1.07 bits per heavy atom. The number of aromatic nitrogens is 1. The van der Waals surface area contributed by atoms with Crippen LogP contribution in [0.15, 0.2) is 60.8 Å². The summed E-state index contributed by atoms with van der Waals surface area (Å²) < 4.78 is 5.85. The maximum atomic E-state index is 12.4. The van der Waals surface area contributed by atoms with Crippen molar-refractivity contribution >= 4 is 28.4 Å². The van der Waals surface area contributed by atoms with Crippen molar-refractivity contribution in [2.24, 2.45) is 0 Å². The lowest BCUT2D eigenvalue weighted by Gasteiger charge is -2.26. The van der Waals surface area contributed by atoms with Gasteiger partial charge in [-0.25, -0.2) is 0 Å². The van der Waals surface area contributed by atoms with E-state index in [1.165, 1.54) is 0 Å². The van der Waals surface area contributed by atoms with Gasteiger partial charge in [-0.3, -0.25) is 14.6 Å². The number of rotatable bonds is 7. The number of nitrogens with zero attached hydrogens (tertiary/aromatic N) is 2. The molecule has 0 saturated carbocycles. The van der Waals surface area contributed by atoms with E-state index in [1.807, 2.05) is 42.5 Å². The third-order valence-corrected chi connectivity index (χ3v) is 5.22. The number of pyridine rings is 1. The van der Waals surface area contributed by atoms with E-state index in [0.29, 0.717) is 31.6 Å². The number of benzene rings is 2. The summed E-state index contributed by atoms with van der Waals surface area (Å²) in [6.45, 7) is 1.76. The molecule has 1 N–H and O–H groups in total. The van der Waals surface area contributed by atoms with Gasteiger partial charge in [0, 0.05) is 42.3 Å². The second-order valence-electron chi connectivity index (χ2n) is 7.34. The molecule has 2 amide bonds. The molecule has 6 heteroatoms. The smallest absolute Gasteiger partial charge is 0.251 e. The first-order chi connectivity index (χ1) is 14.7. The first kappa shape index (κ1) is 19.9. The van der Waals surface area contributed by atoms with Crippen molar-refractivity contribution in [1.29, 1.82) is 0 Å². The molecule has 30 heavy (non-hydrogen) atoms. The van der Waals surface area contributed by atoms with Crippen LogP contribution >= 0.6 is 0 Å². The highest BCUT2D eigenvalue weighted by Gasteiger charge is 2.19. The summed E-state index contributed by atoms with van der Waals surface area (Å²) in [5, 5.41) is 3.95. The molecule has 1 saturated heterocycles. The van der Waals surface area contributed by atoms with Crippen LogP contribution in [0.5, 0.6) is 5.75 Å². The molecule has 154 valence electrons. The molecular formula is C24H25N3O3. The lowest BCUT2D eigenvalue weighted by atomic mass is 10.1. The topological polar surface area (TPSA) is 71.5 Å². The lowest BCUT2D eigenvalue weighted by molar-refractivity contribution is -0.119. The molecule has 0 bridgehead atoms. The zero-order chi connectivity index (χ0) is 20.8. The third kappa shape index (κ3) is 4.59. The monoisotopic (exact) mass is 403 g/mol. The average Bonchev–Trinajstić information content (AvgIpc) is 2.79. The standard InChI is InChI=1S/C24H25N3O3/c28-22-9-1-2-16-27(22)20-12-10-19(11-13-20)24(29)26-15-5-17-30-21-8-3-6-18-7-4-14-25-23(18)21/h3-4,6-8,10-14H,1-2,5,9,15-17H2,(H,26,29). The third-order valence-electron chi connectivity index (χ3n) is 5.22. The van der Waals surface area contributed by atoms with E-state index in [1.54, 1.807) is 23.2 Å². The van der Waals surface area contributed by atoms with Crippen LogP contribution in [0.3, 0.4) is 0 Å². The number of nitrogens with one attached hydrogen (secondary N) is 1. The van der Waals surface area contributed by atoms with Crippen molar-refractivity contribution in [2.75, 3.05) is 24.6 Å². The molecule has 4 rings (SSSR count). The molecule has 0 radical (unpaired) electrons. The second kappa shape index (κ2) is 9.39. The molecule has 1 aliphatic rings. The molecule has 1 aliphatic heterocycles. The molecule has 0 aliphatic carbocycles. The van der Waals surface area contributed by atoms with E-state index in [-0.39, 0.29) is 11.8 Å². The van der Waals surface area contributed by atoms with Gasteiger partial charge < -0.3 is 15.0 Å². The minimum absolute atomic E-state index is 0.127. The average molecular weight is 403 g/mol.